The van der Waals surface area contributed by atoms with Crippen LogP contribution < -0.4 is 10.6 Å². The first kappa shape index (κ1) is 11.5. The Morgan fingerprint density at radius 3 is 3.16 bits per heavy atom. The largest absolute Gasteiger partial charge is 0.385 e. The average Bonchev–Trinajstić information content (AvgIpc) is 2.48. The number of nitrogens with one attached hydrogen (secondary N) is 2. The third kappa shape index (κ3) is 2.36. The summed E-state index contributed by atoms with van der Waals surface area (Å²) in [5.74, 6) is 0. The van der Waals surface area contributed by atoms with Crippen molar-refractivity contribution in [3.63, 3.8) is 0 Å². The van der Waals surface area contributed by atoms with Gasteiger partial charge in [0.2, 0.25) is 0 Å². The van der Waals surface area contributed by atoms with Crippen molar-refractivity contribution in [1.29, 1.82) is 5.26 Å². The minimum atomic E-state index is 0.415. The van der Waals surface area contributed by atoms with Gasteiger partial charge in [-0.3, -0.25) is 0 Å². The molecule has 2 N–H and O–H groups in total. The van der Waals surface area contributed by atoms with Crippen molar-refractivity contribution in [3.8, 4) is 6.07 Å². The van der Waals surface area contributed by atoms with Gasteiger partial charge in [0.1, 0.15) is 6.07 Å². The summed E-state index contributed by atoms with van der Waals surface area (Å²) in [7, 11) is 0. The summed E-state index contributed by atoms with van der Waals surface area (Å²) in [5.41, 5.74) is 4.68. The summed E-state index contributed by atoms with van der Waals surface area (Å²) >= 11 is 0. The van der Waals surface area contributed by atoms with Gasteiger partial charge in [-0.2, -0.15) is 5.26 Å². The standard InChI is InChI=1S/C15H14N4/c16-10-15-14(4-2-8-18-15)19-12-5-6-13-11(9-12)3-1-7-17-13/h2,4-6,8-9,17,19H,1,3,7H2. The second kappa shape index (κ2) is 4.99. The van der Waals surface area contributed by atoms with Gasteiger partial charge in [0.05, 0.1) is 5.69 Å². The Morgan fingerprint density at radius 2 is 2.26 bits per heavy atom. The van der Waals surface area contributed by atoms with E-state index in [-0.39, 0.29) is 0 Å². The monoisotopic (exact) mass is 250 g/mol. The molecule has 0 bridgehead atoms. The number of pyridine rings is 1. The predicted molar refractivity (Wildman–Crippen MR) is 75.5 cm³/mol. The minimum absolute atomic E-state index is 0.415. The maximum atomic E-state index is 9.03. The smallest absolute Gasteiger partial charge is 0.163 e. The van der Waals surface area contributed by atoms with E-state index in [1.807, 2.05) is 18.2 Å². The topological polar surface area (TPSA) is 60.7 Å². The van der Waals surface area contributed by atoms with Crippen LogP contribution in [0.25, 0.3) is 0 Å². The summed E-state index contributed by atoms with van der Waals surface area (Å²) < 4.78 is 0. The number of aryl methyl sites for hydroxylation is 1. The van der Waals surface area contributed by atoms with E-state index >= 15 is 0 Å². The molecule has 0 fully saturated rings. The second-order valence-electron chi connectivity index (χ2n) is 4.54. The third-order valence-electron chi connectivity index (χ3n) is 3.24. The van der Waals surface area contributed by atoms with Crippen molar-refractivity contribution in [2.45, 2.75) is 12.8 Å². The van der Waals surface area contributed by atoms with Crippen LogP contribution >= 0.6 is 0 Å². The molecular formula is C15H14N4. The molecule has 1 aliphatic rings. The molecule has 2 aromatic rings. The number of aromatic nitrogens is 1. The van der Waals surface area contributed by atoms with Gasteiger partial charge in [0, 0.05) is 24.1 Å². The number of rotatable bonds is 2. The highest BCUT2D eigenvalue weighted by Crippen LogP contribution is 2.27. The van der Waals surface area contributed by atoms with E-state index in [1.54, 1.807) is 6.20 Å². The number of hydrogen-bond acceptors (Lipinski definition) is 4. The van der Waals surface area contributed by atoms with Crippen LogP contribution in [0, 0.1) is 11.3 Å². The number of hydrogen-bond donors (Lipinski definition) is 2. The molecular weight excluding hydrogens is 236 g/mol. The Labute approximate surface area is 112 Å². The Kier molecular flexibility index (Phi) is 3.03. The molecule has 4 nitrogen and oxygen atoms in total. The molecule has 1 aromatic heterocycles. The lowest BCUT2D eigenvalue weighted by atomic mass is 10.0. The number of nitrogens with zero attached hydrogens (tertiary/aromatic N) is 2. The van der Waals surface area contributed by atoms with Gasteiger partial charge in [0.15, 0.2) is 5.69 Å². The van der Waals surface area contributed by atoms with Crippen molar-refractivity contribution in [2.75, 3.05) is 17.2 Å². The number of fused-ring (bicyclic) bond motifs is 1. The first-order chi connectivity index (χ1) is 9.36. The molecule has 1 aliphatic heterocycles. The summed E-state index contributed by atoms with van der Waals surface area (Å²) in [4.78, 5) is 4.04. The Bertz CT molecular complexity index is 643. The Balaban J connectivity index is 1.89. The molecule has 0 radical (unpaired) electrons. The molecule has 19 heavy (non-hydrogen) atoms. The number of anilines is 3. The lowest BCUT2D eigenvalue weighted by Gasteiger charge is -2.19. The van der Waals surface area contributed by atoms with Crippen LogP contribution in [-0.4, -0.2) is 11.5 Å². The van der Waals surface area contributed by atoms with Crippen molar-refractivity contribution in [1.82, 2.24) is 4.98 Å². The van der Waals surface area contributed by atoms with E-state index in [2.05, 4.69) is 33.8 Å². The van der Waals surface area contributed by atoms with Crippen molar-refractivity contribution in [2.24, 2.45) is 0 Å². The van der Waals surface area contributed by atoms with Gasteiger partial charge in [-0.15, -0.1) is 0 Å². The summed E-state index contributed by atoms with van der Waals surface area (Å²) in [6.07, 6.45) is 3.88. The fraction of sp³-hybridized carbons (Fsp3) is 0.200. The molecule has 94 valence electrons. The maximum absolute atomic E-state index is 9.03. The first-order valence-corrected chi connectivity index (χ1v) is 6.36. The van der Waals surface area contributed by atoms with Gasteiger partial charge in [-0.25, -0.2) is 4.98 Å². The van der Waals surface area contributed by atoms with Crippen LogP contribution in [0.15, 0.2) is 36.5 Å². The fourth-order valence-corrected chi connectivity index (χ4v) is 2.30. The van der Waals surface area contributed by atoms with Crippen LogP contribution in [0.1, 0.15) is 17.7 Å². The zero-order valence-electron chi connectivity index (χ0n) is 10.5. The zero-order chi connectivity index (χ0) is 13.1. The molecule has 4 heteroatoms. The molecule has 0 atom stereocenters. The highest BCUT2D eigenvalue weighted by atomic mass is 14.9. The minimum Gasteiger partial charge on any atom is -0.385 e. The highest BCUT2D eigenvalue weighted by molar-refractivity contribution is 5.68. The van der Waals surface area contributed by atoms with E-state index in [1.165, 1.54) is 11.3 Å². The molecule has 0 unspecified atom stereocenters. The molecule has 0 amide bonds. The lowest BCUT2D eigenvalue weighted by Crippen LogP contribution is -2.11. The SMILES string of the molecule is N#Cc1ncccc1Nc1ccc2c(c1)CCCN2. The van der Waals surface area contributed by atoms with E-state index < -0.39 is 0 Å². The van der Waals surface area contributed by atoms with Crippen LogP contribution in [0.5, 0.6) is 0 Å². The highest BCUT2D eigenvalue weighted by Gasteiger charge is 2.09. The maximum Gasteiger partial charge on any atom is 0.163 e. The lowest BCUT2D eigenvalue weighted by molar-refractivity contribution is 0.830. The number of benzene rings is 1. The molecule has 0 spiro atoms. The molecule has 0 saturated carbocycles. The Hall–Kier alpha value is -2.54. The van der Waals surface area contributed by atoms with Crippen molar-refractivity contribution in [3.05, 3.63) is 47.8 Å². The van der Waals surface area contributed by atoms with E-state index in [4.69, 9.17) is 5.26 Å². The fourth-order valence-electron chi connectivity index (χ4n) is 2.30. The van der Waals surface area contributed by atoms with Gasteiger partial charge < -0.3 is 10.6 Å². The van der Waals surface area contributed by atoms with Crippen molar-refractivity contribution >= 4 is 17.1 Å². The molecule has 1 aromatic carbocycles. The Morgan fingerprint density at radius 1 is 1.32 bits per heavy atom. The van der Waals surface area contributed by atoms with Gasteiger partial charge in [0.25, 0.3) is 0 Å². The first-order valence-electron chi connectivity index (χ1n) is 6.36. The average molecular weight is 250 g/mol. The van der Waals surface area contributed by atoms with E-state index in [0.29, 0.717) is 5.69 Å². The summed E-state index contributed by atoms with van der Waals surface area (Å²) in [5, 5.41) is 15.7. The zero-order valence-corrected chi connectivity index (χ0v) is 10.5. The normalized spacial score (nSPS) is 13.0. The molecule has 0 aliphatic carbocycles. The van der Waals surface area contributed by atoms with Crippen LogP contribution in [0.3, 0.4) is 0 Å². The van der Waals surface area contributed by atoms with Crippen LogP contribution in [-0.2, 0) is 6.42 Å². The summed E-state index contributed by atoms with van der Waals surface area (Å²) in [6, 6.07) is 12.0. The molecule has 2 heterocycles. The predicted octanol–water partition coefficient (Wildman–Crippen LogP) is 3.05. The van der Waals surface area contributed by atoms with Crippen molar-refractivity contribution < 1.29 is 0 Å². The number of nitriles is 1. The third-order valence-corrected chi connectivity index (χ3v) is 3.24. The van der Waals surface area contributed by atoms with Gasteiger partial charge in [-0.1, -0.05) is 0 Å². The summed E-state index contributed by atoms with van der Waals surface area (Å²) in [6.45, 7) is 1.04. The van der Waals surface area contributed by atoms with Gasteiger partial charge >= 0.3 is 0 Å². The van der Waals surface area contributed by atoms with Gasteiger partial charge in [-0.05, 0) is 48.7 Å². The second-order valence-corrected chi connectivity index (χ2v) is 4.54. The molecule has 0 saturated heterocycles. The quantitative estimate of drug-likeness (QED) is 0.860. The molecule has 3 rings (SSSR count). The van der Waals surface area contributed by atoms with Crippen LogP contribution in [0.2, 0.25) is 0 Å². The van der Waals surface area contributed by atoms with Crippen LogP contribution in [0.4, 0.5) is 17.1 Å². The van der Waals surface area contributed by atoms with E-state index in [0.717, 1.165) is 30.8 Å². The van der Waals surface area contributed by atoms with E-state index in [9.17, 15) is 0 Å².